The van der Waals surface area contributed by atoms with Crippen LogP contribution in [0, 0.1) is 5.92 Å². The van der Waals surface area contributed by atoms with Gasteiger partial charge in [-0.25, -0.2) is 0 Å². The fraction of sp³-hybridized carbons (Fsp3) is 0.667. The molecule has 0 spiro atoms. The molecule has 0 aromatic heterocycles. The first-order chi connectivity index (χ1) is 12.3. The molecule has 1 saturated carbocycles. The molecule has 0 bridgehead atoms. The number of carbonyl (C=O) groups excluding carboxylic acids is 1. The Morgan fingerprint density at radius 1 is 1.00 bits per heavy atom. The molecule has 4 heteroatoms. The van der Waals surface area contributed by atoms with Gasteiger partial charge in [-0.05, 0) is 63.7 Å². The van der Waals surface area contributed by atoms with Gasteiger partial charge in [-0.15, -0.1) is 0 Å². The zero-order valence-corrected chi connectivity index (χ0v) is 15.2. The van der Waals surface area contributed by atoms with Crippen molar-refractivity contribution < 1.29 is 4.79 Å². The van der Waals surface area contributed by atoms with Crippen LogP contribution in [-0.2, 0) is 11.3 Å². The third-order valence-corrected chi connectivity index (χ3v) is 6.07. The second-order valence-electron chi connectivity index (χ2n) is 8.11. The first kappa shape index (κ1) is 17.0. The summed E-state index contributed by atoms with van der Waals surface area (Å²) in [6.07, 6.45) is 7.09. The smallest absolute Gasteiger partial charge is 0.224 e. The van der Waals surface area contributed by atoms with Crippen molar-refractivity contribution in [2.75, 3.05) is 26.2 Å². The highest BCUT2D eigenvalue weighted by Gasteiger charge is 2.33. The average Bonchev–Trinajstić information content (AvgIpc) is 3.47. The molecule has 25 heavy (non-hydrogen) atoms. The standard InChI is InChI=1S/C21H31N3O/c25-21(22-19-8-9-19)18-7-4-12-24(16-18)20-10-13-23(14-11-20)15-17-5-2-1-3-6-17/h1-3,5-6,18-20H,4,7-16H2,(H,22,25)/t18-/m1/s1. The Morgan fingerprint density at radius 2 is 1.76 bits per heavy atom. The van der Waals surface area contributed by atoms with Gasteiger partial charge < -0.3 is 5.32 Å². The van der Waals surface area contributed by atoms with Crippen molar-refractivity contribution in [1.82, 2.24) is 15.1 Å². The zero-order chi connectivity index (χ0) is 17.1. The highest BCUT2D eigenvalue weighted by atomic mass is 16.2. The molecule has 3 fully saturated rings. The molecule has 0 radical (unpaired) electrons. The van der Waals surface area contributed by atoms with Crippen molar-refractivity contribution in [2.45, 2.75) is 57.2 Å². The third-order valence-electron chi connectivity index (χ3n) is 6.07. The Morgan fingerprint density at radius 3 is 2.48 bits per heavy atom. The number of benzene rings is 1. The third kappa shape index (κ3) is 4.62. The normalized spacial score (nSPS) is 26.5. The predicted octanol–water partition coefficient (Wildman–Crippen LogP) is 2.64. The van der Waals surface area contributed by atoms with Crippen molar-refractivity contribution in [2.24, 2.45) is 5.92 Å². The number of carbonyl (C=O) groups is 1. The van der Waals surface area contributed by atoms with Gasteiger partial charge in [0.25, 0.3) is 0 Å². The zero-order valence-electron chi connectivity index (χ0n) is 15.2. The molecule has 136 valence electrons. The van der Waals surface area contributed by atoms with E-state index in [9.17, 15) is 4.79 Å². The predicted molar refractivity (Wildman–Crippen MR) is 100 cm³/mol. The number of hydrogen-bond donors (Lipinski definition) is 1. The number of rotatable bonds is 5. The summed E-state index contributed by atoms with van der Waals surface area (Å²) < 4.78 is 0. The first-order valence-corrected chi connectivity index (χ1v) is 10.1. The van der Waals surface area contributed by atoms with Gasteiger partial charge in [0.2, 0.25) is 5.91 Å². The van der Waals surface area contributed by atoms with Crippen molar-refractivity contribution in [1.29, 1.82) is 0 Å². The van der Waals surface area contributed by atoms with E-state index >= 15 is 0 Å². The molecular weight excluding hydrogens is 310 g/mol. The van der Waals surface area contributed by atoms with Gasteiger partial charge in [0.15, 0.2) is 0 Å². The molecule has 1 aromatic rings. The van der Waals surface area contributed by atoms with Gasteiger partial charge in [-0.3, -0.25) is 14.6 Å². The maximum Gasteiger partial charge on any atom is 0.224 e. The van der Waals surface area contributed by atoms with Crippen LogP contribution in [-0.4, -0.2) is 54.0 Å². The molecule has 2 heterocycles. The largest absolute Gasteiger partial charge is 0.353 e. The summed E-state index contributed by atoms with van der Waals surface area (Å²) in [5.74, 6) is 0.533. The number of hydrogen-bond acceptors (Lipinski definition) is 3. The van der Waals surface area contributed by atoms with Gasteiger partial charge in [0.05, 0.1) is 5.92 Å². The molecule has 1 aliphatic carbocycles. The lowest BCUT2D eigenvalue weighted by Gasteiger charge is -2.42. The van der Waals surface area contributed by atoms with E-state index in [4.69, 9.17) is 0 Å². The van der Waals surface area contributed by atoms with Crippen LogP contribution < -0.4 is 5.32 Å². The van der Waals surface area contributed by atoms with E-state index in [1.54, 1.807) is 0 Å². The number of nitrogens with one attached hydrogen (secondary N) is 1. The summed E-state index contributed by atoms with van der Waals surface area (Å²) in [6, 6.07) is 11.9. The summed E-state index contributed by atoms with van der Waals surface area (Å²) in [5, 5.41) is 3.21. The molecule has 1 amide bonds. The minimum atomic E-state index is 0.219. The molecular formula is C21H31N3O. The molecule has 2 saturated heterocycles. The van der Waals surface area contributed by atoms with Gasteiger partial charge in [0.1, 0.15) is 0 Å². The van der Waals surface area contributed by atoms with Gasteiger partial charge in [-0.2, -0.15) is 0 Å². The minimum absolute atomic E-state index is 0.219. The monoisotopic (exact) mass is 341 g/mol. The number of piperidine rings is 2. The van der Waals surface area contributed by atoms with E-state index in [-0.39, 0.29) is 5.92 Å². The number of nitrogens with zero attached hydrogens (tertiary/aromatic N) is 2. The van der Waals surface area contributed by atoms with Crippen LogP contribution in [0.1, 0.15) is 44.1 Å². The molecule has 4 nitrogen and oxygen atoms in total. The Bertz CT molecular complexity index is 564. The fourth-order valence-corrected chi connectivity index (χ4v) is 4.38. The Balaban J connectivity index is 1.24. The van der Waals surface area contributed by atoms with Crippen LogP contribution in [0.4, 0.5) is 0 Å². The fourth-order valence-electron chi connectivity index (χ4n) is 4.38. The van der Waals surface area contributed by atoms with Crippen LogP contribution >= 0.6 is 0 Å². The topological polar surface area (TPSA) is 35.6 Å². The van der Waals surface area contributed by atoms with Crippen LogP contribution in [0.15, 0.2) is 30.3 Å². The Labute approximate surface area is 151 Å². The van der Waals surface area contributed by atoms with E-state index in [0.717, 1.165) is 19.5 Å². The maximum atomic E-state index is 12.4. The highest BCUT2D eigenvalue weighted by molar-refractivity contribution is 5.79. The van der Waals surface area contributed by atoms with Gasteiger partial charge >= 0.3 is 0 Å². The summed E-state index contributed by atoms with van der Waals surface area (Å²) in [7, 11) is 0. The van der Waals surface area contributed by atoms with Gasteiger partial charge in [-0.1, -0.05) is 30.3 Å². The number of likely N-dealkylation sites (tertiary alicyclic amines) is 2. The van der Waals surface area contributed by atoms with Crippen LogP contribution in [0.2, 0.25) is 0 Å². The molecule has 1 atom stereocenters. The number of amides is 1. The van der Waals surface area contributed by atoms with Crippen molar-refractivity contribution in [3.8, 4) is 0 Å². The lowest BCUT2D eigenvalue weighted by Crippen LogP contribution is -2.50. The highest BCUT2D eigenvalue weighted by Crippen LogP contribution is 2.26. The van der Waals surface area contributed by atoms with E-state index in [1.807, 2.05) is 0 Å². The maximum absolute atomic E-state index is 12.4. The minimum Gasteiger partial charge on any atom is -0.353 e. The lowest BCUT2D eigenvalue weighted by molar-refractivity contribution is -0.127. The quantitative estimate of drug-likeness (QED) is 0.894. The van der Waals surface area contributed by atoms with E-state index < -0.39 is 0 Å². The van der Waals surface area contributed by atoms with E-state index in [2.05, 4.69) is 45.4 Å². The molecule has 3 aliphatic rings. The Hall–Kier alpha value is -1.39. The molecule has 1 N–H and O–H groups in total. The van der Waals surface area contributed by atoms with E-state index in [0.29, 0.717) is 18.0 Å². The molecule has 2 aliphatic heterocycles. The van der Waals surface area contributed by atoms with E-state index in [1.165, 1.54) is 57.3 Å². The summed E-state index contributed by atoms with van der Waals surface area (Å²) in [4.78, 5) is 17.6. The summed E-state index contributed by atoms with van der Waals surface area (Å²) in [5.41, 5.74) is 1.41. The Kier molecular flexibility index (Phi) is 5.37. The van der Waals surface area contributed by atoms with Crippen molar-refractivity contribution >= 4 is 5.91 Å². The first-order valence-electron chi connectivity index (χ1n) is 10.1. The van der Waals surface area contributed by atoms with Crippen LogP contribution in [0.5, 0.6) is 0 Å². The van der Waals surface area contributed by atoms with Gasteiger partial charge in [0, 0.05) is 25.2 Å². The van der Waals surface area contributed by atoms with Crippen LogP contribution in [0.3, 0.4) is 0 Å². The summed E-state index contributed by atoms with van der Waals surface area (Å²) >= 11 is 0. The molecule has 0 unspecified atom stereocenters. The summed E-state index contributed by atoms with van der Waals surface area (Å²) in [6.45, 7) is 5.57. The molecule has 1 aromatic carbocycles. The second kappa shape index (κ2) is 7.88. The van der Waals surface area contributed by atoms with Crippen molar-refractivity contribution in [3.05, 3.63) is 35.9 Å². The average molecular weight is 341 g/mol. The van der Waals surface area contributed by atoms with Crippen molar-refractivity contribution in [3.63, 3.8) is 0 Å². The van der Waals surface area contributed by atoms with Crippen LogP contribution in [0.25, 0.3) is 0 Å². The molecule has 4 rings (SSSR count). The lowest BCUT2D eigenvalue weighted by atomic mass is 9.93. The SMILES string of the molecule is O=C(NC1CC1)[C@@H]1CCCN(C2CCN(Cc3ccccc3)CC2)C1. The second-order valence-corrected chi connectivity index (χ2v) is 8.11.